The Morgan fingerprint density at radius 1 is 1.18 bits per heavy atom. The van der Waals surface area contributed by atoms with Crippen molar-refractivity contribution < 1.29 is 9.90 Å². The average molecular weight is 427 g/mol. The fraction of sp³-hybridized carbons (Fsp3) is 0.0667. The van der Waals surface area contributed by atoms with E-state index in [0.29, 0.717) is 4.47 Å². The molecule has 0 aliphatic heterocycles. The van der Waals surface area contributed by atoms with Crippen LogP contribution in [0.3, 0.4) is 0 Å². The summed E-state index contributed by atoms with van der Waals surface area (Å²) in [7, 11) is 0. The fourth-order valence-electron chi connectivity index (χ4n) is 1.57. The number of phenols is 1. The summed E-state index contributed by atoms with van der Waals surface area (Å²) >= 11 is 6.56. The maximum atomic E-state index is 11.6. The maximum Gasteiger partial charge on any atom is 0.259 e. The van der Waals surface area contributed by atoms with Crippen LogP contribution in [0.2, 0.25) is 0 Å². The quantitative estimate of drug-likeness (QED) is 0.506. The molecule has 1 amide bonds. The molecule has 0 unspecified atom stereocenters. The van der Waals surface area contributed by atoms with Crippen LogP contribution in [0.1, 0.15) is 5.56 Å². The van der Waals surface area contributed by atoms with E-state index in [4.69, 9.17) is 0 Å². The zero-order valence-corrected chi connectivity index (χ0v) is 14.6. The Morgan fingerprint density at radius 2 is 1.91 bits per heavy atom. The largest absolute Gasteiger partial charge is 0.507 e. The van der Waals surface area contributed by atoms with E-state index in [1.54, 1.807) is 18.2 Å². The molecule has 114 valence electrons. The number of aromatic hydroxyl groups is 1. The summed E-state index contributed by atoms with van der Waals surface area (Å²) in [6.45, 7) is 0.123. The van der Waals surface area contributed by atoms with Crippen molar-refractivity contribution in [2.24, 2.45) is 5.10 Å². The van der Waals surface area contributed by atoms with Crippen molar-refractivity contribution in [1.82, 2.24) is 5.43 Å². The van der Waals surface area contributed by atoms with Gasteiger partial charge in [0.15, 0.2) is 0 Å². The maximum absolute atomic E-state index is 11.6. The van der Waals surface area contributed by atoms with E-state index in [9.17, 15) is 9.90 Å². The van der Waals surface area contributed by atoms with E-state index in [-0.39, 0.29) is 18.2 Å². The van der Waals surface area contributed by atoms with E-state index in [1.807, 2.05) is 24.3 Å². The lowest BCUT2D eigenvalue weighted by Gasteiger charge is -2.05. The molecule has 0 aliphatic rings. The third-order valence-corrected chi connectivity index (χ3v) is 3.84. The summed E-state index contributed by atoms with van der Waals surface area (Å²) in [5, 5.41) is 16.2. The van der Waals surface area contributed by atoms with Crippen LogP contribution in [0.5, 0.6) is 5.75 Å². The number of hydrogen-bond donors (Lipinski definition) is 3. The molecule has 2 aromatic carbocycles. The van der Waals surface area contributed by atoms with Gasteiger partial charge in [-0.2, -0.15) is 5.10 Å². The Hall–Kier alpha value is -1.86. The smallest absolute Gasteiger partial charge is 0.259 e. The Balaban J connectivity index is 1.80. The third-order valence-electron chi connectivity index (χ3n) is 2.67. The number of benzene rings is 2. The van der Waals surface area contributed by atoms with Crippen molar-refractivity contribution in [1.29, 1.82) is 0 Å². The standard InChI is InChI=1S/C15H13Br2N3O2/c16-11-2-4-12(5-3-11)18-9-15(22)20-19-8-10-1-6-14(21)13(17)7-10/h1-8,18,21H,9H2,(H,20,22)/b19-8-. The first-order valence-electron chi connectivity index (χ1n) is 6.34. The van der Waals surface area contributed by atoms with Gasteiger partial charge < -0.3 is 10.4 Å². The van der Waals surface area contributed by atoms with Crippen molar-refractivity contribution >= 4 is 49.7 Å². The second kappa shape index (κ2) is 7.95. The van der Waals surface area contributed by atoms with Crippen LogP contribution in [0, 0.1) is 0 Å². The fourth-order valence-corrected chi connectivity index (χ4v) is 2.23. The van der Waals surface area contributed by atoms with Crippen LogP contribution < -0.4 is 10.7 Å². The van der Waals surface area contributed by atoms with Gasteiger partial charge >= 0.3 is 0 Å². The highest BCUT2D eigenvalue weighted by atomic mass is 79.9. The van der Waals surface area contributed by atoms with Gasteiger partial charge in [-0.15, -0.1) is 0 Å². The predicted molar refractivity (Wildman–Crippen MR) is 94.2 cm³/mol. The van der Waals surface area contributed by atoms with Crippen molar-refractivity contribution in [3.05, 3.63) is 57.0 Å². The normalized spacial score (nSPS) is 10.6. The van der Waals surface area contributed by atoms with E-state index in [0.717, 1.165) is 15.7 Å². The molecule has 7 heteroatoms. The minimum Gasteiger partial charge on any atom is -0.507 e. The highest BCUT2D eigenvalue weighted by Crippen LogP contribution is 2.23. The Labute approximate surface area is 144 Å². The number of rotatable bonds is 5. The lowest BCUT2D eigenvalue weighted by Crippen LogP contribution is -2.25. The molecule has 3 N–H and O–H groups in total. The summed E-state index contributed by atoms with van der Waals surface area (Å²) in [6, 6.07) is 12.5. The summed E-state index contributed by atoms with van der Waals surface area (Å²) in [4.78, 5) is 11.6. The van der Waals surface area contributed by atoms with Crippen LogP contribution in [-0.2, 0) is 4.79 Å². The SMILES string of the molecule is O=C(CNc1ccc(Br)cc1)N/N=C\c1ccc(O)c(Br)c1. The Bertz CT molecular complexity index is 688. The average Bonchev–Trinajstić information content (AvgIpc) is 2.50. The van der Waals surface area contributed by atoms with Gasteiger partial charge in [-0.05, 0) is 64.0 Å². The number of nitrogens with zero attached hydrogens (tertiary/aromatic N) is 1. The van der Waals surface area contributed by atoms with Gasteiger partial charge in [0.2, 0.25) is 0 Å². The van der Waals surface area contributed by atoms with E-state index in [1.165, 1.54) is 6.21 Å². The minimum absolute atomic E-state index is 0.123. The molecule has 0 atom stereocenters. The second-order valence-corrected chi connectivity index (χ2v) is 6.13. The first-order chi connectivity index (χ1) is 10.5. The van der Waals surface area contributed by atoms with Gasteiger partial charge in [-0.1, -0.05) is 15.9 Å². The first kappa shape index (κ1) is 16.5. The van der Waals surface area contributed by atoms with Gasteiger partial charge in [-0.3, -0.25) is 4.79 Å². The van der Waals surface area contributed by atoms with E-state index < -0.39 is 0 Å². The predicted octanol–water partition coefficient (Wildman–Crippen LogP) is 3.48. The van der Waals surface area contributed by atoms with E-state index >= 15 is 0 Å². The number of carbonyl (C=O) groups is 1. The molecule has 0 aliphatic carbocycles. The van der Waals surface area contributed by atoms with Gasteiger partial charge in [0.25, 0.3) is 5.91 Å². The van der Waals surface area contributed by atoms with Crippen molar-refractivity contribution in [2.75, 3.05) is 11.9 Å². The summed E-state index contributed by atoms with van der Waals surface area (Å²) < 4.78 is 1.55. The molecule has 2 aromatic rings. The number of carbonyl (C=O) groups excluding carboxylic acids is 1. The zero-order valence-electron chi connectivity index (χ0n) is 11.4. The molecular formula is C15H13Br2N3O2. The van der Waals surface area contributed by atoms with Gasteiger partial charge in [0.05, 0.1) is 17.2 Å². The molecule has 0 heterocycles. The molecule has 0 fully saturated rings. The molecule has 0 spiro atoms. The summed E-state index contributed by atoms with van der Waals surface area (Å²) in [6.07, 6.45) is 1.50. The van der Waals surface area contributed by atoms with Gasteiger partial charge in [-0.25, -0.2) is 5.43 Å². The van der Waals surface area contributed by atoms with Gasteiger partial charge in [0.1, 0.15) is 5.75 Å². The Morgan fingerprint density at radius 3 is 2.59 bits per heavy atom. The van der Waals surface area contributed by atoms with Crippen molar-refractivity contribution in [3.63, 3.8) is 0 Å². The highest BCUT2D eigenvalue weighted by molar-refractivity contribution is 9.10. The number of hydrazone groups is 1. The number of halogens is 2. The van der Waals surface area contributed by atoms with Crippen molar-refractivity contribution in [3.8, 4) is 5.75 Å². The Kier molecular flexibility index (Phi) is 5.97. The summed E-state index contributed by atoms with van der Waals surface area (Å²) in [5.41, 5.74) is 4.03. The zero-order chi connectivity index (χ0) is 15.9. The summed E-state index contributed by atoms with van der Waals surface area (Å²) in [5.74, 6) is -0.100. The molecule has 0 aromatic heterocycles. The lowest BCUT2D eigenvalue weighted by atomic mass is 10.2. The molecule has 0 bridgehead atoms. The van der Waals surface area contributed by atoms with Crippen molar-refractivity contribution in [2.45, 2.75) is 0 Å². The monoisotopic (exact) mass is 425 g/mol. The number of nitrogens with one attached hydrogen (secondary N) is 2. The lowest BCUT2D eigenvalue weighted by molar-refractivity contribution is -0.119. The van der Waals surface area contributed by atoms with E-state index in [2.05, 4.69) is 47.7 Å². The highest BCUT2D eigenvalue weighted by Gasteiger charge is 2.00. The van der Waals surface area contributed by atoms with Crippen LogP contribution in [0.25, 0.3) is 0 Å². The molecule has 22 heavy (non-hydrogen) atoms. The topological polar surface area (TPSA) is 73.7 Å². The molecule has 0 saturated carbocycles. The molecule has 5 nitrogen and oxygen atoms in total. The third kappa shape index (κ3) is 5.16. The number of phenolic OH excluding ortho intramolecular Hbond substituents is 1. The van der Waals surface area contributed by atoms with Crippen LogP contribution in [0.4, 0.5) is 5.69 Å². The van der Waals surface area contributed by atoms with Crippen LogP contribution >= 0.6 is 31.9 Å². The number of anilines is 1. The number of hydrogen-bond acceptors (Lipinski definition) is 4. The first-order valence-corrected chi connectivity index (χ1v) is 7.93. The second-order valence-electron chi connectivity index (χ2n) is 4.36. The number of amides is 1. The molecular weight excluding hydrogens is 414 g/mol. The molecule has 0 saturated heterocycles. The molecule has 0 radical (unpaired) electrons. The van der Waals surface area contributed by atoms with Gasteiger partial charge in [0, 0.05) is 10.2 Å². The molecule has 2 rings (SSSR count). The van der Waals surface area contributed by atoms with Crippen LogP contribution in [0.15, 0.2) is 56.5 Å². The minimum atomic E-state index is -0.253. The van der Waals surface area contributed by atoms with Crippen LogP contribution in [-0.4, -0.2) is 23.8 Å².